The molecule has 1 rings (SSSR count). The zero-order chi connectivity index (χ0) is 9.14. The van der Waals surface area contributed by atoms with E-state index in [-0.39, 0.29) is 13.2 Å². The van der Waals surface area contributed by atoms with E-state index in [4.69, 9.17) is 10.2 Å². The van der Waals surface area contributed by atoms with Gasteiger partial charge < -0.3 is 10.2 Å². The Bertz CT molecular complexity index is 122. The highest BCUT2D eigenvalue weighted by atomic mass is 16.3. The van der Waals surface area contributed by atoms with Gasteiger partial charge in [-0.3, -0.25) is 0 Å². The first-order valence-corrected chi connectivity index (χ1v) is 4.90. The smallest absolute Gasteiger partial charge is 0.0462 e. The maximum Gasteiger partial charge on any atom is 0.0462 e. The second kappa shape index (κ2) is 4.24. The average Bonchev–Trinajstić information content (AvgIpc) is 2.08. The number of aliphatic hydroxyl groups excluding tert-OH is 2. The molecule has 0 aliphatic heterocycles. The molecule has 2 unspecified atom stereocenters. The van der Waals surface area contributed by atoms with E-state index < -0.39 is 0 Å². The van der Waals surface area contributed by atoms with Crippen LogP contribution in [0.2, 0.25) is 0 Å². The maximum absolute atomic E-state index is 9.11. The summed E-state index contributed by atoms with van der Waals surface area (Å²) in [7, 11) is 0. The van der Waals surface area contributed by atoms with E-state index >= 15 is 0 Å². The van der Waals surface area contributed by atoms with Crippen molar-refractivity contribution in [2.24, 2.45) is 23.7 Å². The number of rotatable bonds is 2. The molecule has 0 aromatic carbocycles. The van der Waals surface area contributed by atoms with E-state index in [0.29, 0.717) is 23.7 Å². The predicted octanol–water partition coefficient (Wildman–Crippen LogP) is 1.27. The minimum atomic E-state index is 0.280. The summed E-state index contributed by atoms with van der Waals surface area (Å²) in [4.78, 5) is 0. The van der Waals surface area contributed by atoms with Crippen LogP contribution in [0.1, 0.15) is 26.7 Å². The van der Waals surface area contributed by atoms with Crippen molar-refractivity contribution in [2.75, 3.05) is 13.2 Å². The summed E-state index contributed by atoms with van der Waals surface area (Å²) in [5.41, 5.74) is 0. The molecule has 72 valence electrons. The van der Waals surface area contributed by atoms with Gasteiger partial charge in [-0.05, 0) is 36.5 Å². The van der Waals surface area contributed by atoms with Gasteiger partial charge in [-0.25, -0.2) is 0 Å². The van der Waals surface area contributed by atoms with Crippen molar-refractivity contribution in [3.8, 4) is 0 Å². The van der Waals surface area contributed by atoms with Gasteiger partial charge in [0.25, 0.3) is 0 Å². The Labute approximate surface area is 74.6 Å². The topological polar surface area (TPSA) is 40.5 Å². The van der Waals surface area contributed by atoms with Crippen molar-refractivity contribution in [2.45, 2.75) is 26.7 Å². The third-order valence-corrected chi connectivity index (χ3v) is 3.37. The number of hydrogen-bond acceptors (Lipinski definition) is 2. The lowest BCUT2D eigenvalue weighted by Crippen LogP contribution is -2.33. The van der Waals surface area contributed by atoms with Crippen LogP contribution in [-0.4, -0.2) is 23.4 Å². The monoisotopic (exact) mass is 172 g/mol. The Kier molecular flexibility index (Phi) is 3.53. The van der Waals surface area contributed by atoms with Crippen molar-refractivity contribution in [3.63, 3.8) is 0 Å². The summed E-state index contributed by atoms with van der Waals surface area (Å²) in [5.74, 6) is 1.96. The van der Waals surface area contributed by atoms with Crippen LogP contribution in [0, 0.1) is 23.7 Å². The molecule has 0 saturated heterocycles. The van der Waals surface area contributed by atoms with E-state index in [1.807, 2.05) is 0 Å². The molecule has 1 fully saturated rings. The summed E-state index contributed by atoms with van der Waals surface area (Å²) >= 11 is 0. The molecule has 0 radical (unpaired) electrons. The molecule has 12 heavy (non-hydrogen) atoms. The standard InChI is InChI=1S/C10H20O2/c1-7-3-9(5-11)8(2)10(4-7)6-12/h7-12H,3-6H2,1-2H3. The number of hydrogen-bond donors (Lipinski definition) is 2. The summed E-state index contributed by atoms with van der Waals surface area (Å²) in [6.07, 6.45) is 2.24. The maximum atomic E-state index is 9.11. The largest absolute Gasteiger partial charge is 0.396 e. The fourth-order valence-electron chi connectivity index (χ4n) is 2.43. The van der Waals surface area contributed by atoms with E-state index in [1.165, 1.54) is 0 Å². The van der Waals surface area contributed by atoms with Gasteiger partial charge in [-0.15, -0.1) is 0 Å². The first kappa shape index (κ1) is 10.0. The summed E-state index contributed by atoms with van der Waals surface area (Å²) in [6, 6.07) is 0. The highest BCUT2D eigenvalue weighted by Gasteiger charge is 2.32. The van der Waals surface area contributed by atoms with Gasteiger partial charge in [-0.1, -0.05) is 13.8 Å². The zero-order valence-electron chi connectivity index (χ0n) is 8.03. The molecule has 0 aromatic heterocycles. The van der Waals surface area contributed by atoms with Gasteiger partial charge in [0.05, 0.1) is 0 Å². The van der Waals surface area contributed by atoms with Gasteiger partial charge >= 0.3 is 0 Å². The lowest BCUT2D eigenvalue weighted by molar-refractivity contribution is 0.0423. The molecular formula is C10H20O2. The van der Waals surface area contributed by atoms with Crippen LogP contribution in [0.4, 0.5) is 0 Å². The Morgan fingerprint density at radius 2 is 1.42 bits per heavy atom. The van der Waals surface area contributed by atoms with Crippen LogP contribution in [0.25, 0.3) is 0 Å². The normalized spacial score (nSPS) is 43.0. The van der Waals surface area contributed by atoms with Crippen LogP contribution in [0.3, 0.4) is 0 Å². The molecule has 1 saturated carbocycles. The Morgan fingerprint density at radius 3 is 1.75 bits per heavy atom. The Morgan fingerprint density at radius 1 is 1.00 bits per heavy atom. The van der Waals surface area contributed by atoms with E-state index in [1.54, 1.807) is 0 Å². The van der Waals surface area contributed by atoms with Crippen LogP contribution in [0.15, 0.2) is 0 Å². The molecule has 0 aromatic rings. The van der Waals surface area contributed by atoms with Crippen molar-refractivity contribution in [1.82, 2.24) is 0 Å². The summed E-state index contributed by atoms with van der Waals surface area (Å²) in [6.45, 7) is 4.91. The van der Waals surface area contributed by atoms with Crippen molar-refractivity contribution < 1.29 is 10.2 Å². The van der Waals surface area contributed by atoms with Crippen LogP contribution in [0.5, 0.6) is 0 Å². The third kappa shape index (κ3) is 1.99. The molecule has 2 atom stereocenters. The van der Waals surface area contributed by atoms with E-state index in [0.717, 1.165) is 12.8 Å². The first-order chi connectivity index (χ1) is 5.69. The second-order valence-corrected chi connectivity index (χ2v) is 4.32. The minimum Gasteiger partial charge on any atom is -0.396 e. The molecule has 2 heteroatoms. The molecule has 2 N–H and O–H groups in total. The van der Waals surface area contributed by atoms with Gasteiger partial charge in [-0.2, -0.15) is 0 Å². The van der Waals surface area contributed by atoms with Gasteiger partial charge in [0.2, 0.25) is 0 Å². The molecule has 0 amide bonds. The minimum absolute atomic E-state index is 0.280. The molecule has 1 aliphatic rings. The van der Waals surface area contributed by atoms with Gasteiger partial charge in [0.15, 0.2) is 0 Å². The van der Waals surface area contributed by atoms with Gasteiger partial charge in [0.1, 0.15) is 0 Å². The quantitative estimate of drug-likeness (QED) is 0.658. The lowest BCUT2D eigenvalue weighted by Gasteiger charge is -2.37. The summed E-state index contributed by atoms with van der Waals surface area (Å²) < 4.78 is 0. The molecule has 2 nitrogen and oxygen atoms in total. The Balaban J connectivity index is 2.55. The second-order valence-electron chi connectivity index (χ2n) is 4.32. The summed E-state index contributed by atoms with van der Waals surface area (Å²) in [5, 5.41) is 18.2. The third-order valence-electron chi connectivity index (χ3n) is 3.37. The van der Waals surface area contributed by atoms with Crippen molar-refractivity contribution >= 4 is 0 Å². The van der Waals surface area contributed by atoms with Crippen LogP contribution in [-0.2, 0) is 0 Å². The van der Waals surface area contributed by atoms with Crippen LogP contribution < -0.4 is 0 Å². The highest BCUT2D eigenvalue weighted by Crippen LogP contribution is 2.37. The predicted molar refractivity (Wildman–Crippen MR) is 48.7 cm³/mol. The molecular weight excluding hydrogens is 152 g/mol. The molecule has 0 heterocycles. The fourth-order valence-corrected chi connectivity index (χ4v) is 2.43. The fraction of sp³-hybridized carbons (Fsp3) is 1.00. The van der Waals surface area contributed by atoms with Crippen LogP contribution >= 0.6 is 0 Å². The molecule has 0 spiro atoms. The van der Waals surface area contributed by atoms with Gasteiger partial charge in [0, 0.05) is 13.2 Å². The lowest BCUT2D eigenvalue weighted by atomic mass is 9.69. The SMILES string of the molecule is CC1CC(CO)C(C)C(CO)C1. The number of aliphatic hydroxyl groups is 2. The first-order valence-electron chi connectivity index (χ1n) is 4.90. The van der Waals surface area contributed by atoms with Crippen molar-refractivity contribution in [3.05, 3.63) is 0 Å². The zero-order valence-corrected chi connectivity index (χ0v) is 8.03. The van der Waals surface area contributed by atoms with E-state index in [2.05, 4.69) is 13.8 Å². The molecule has 0 bridgehead atoms. The highest BCUT2D eigenvalue weighted by molar-refractivity contribution is 4.81. The van der Waals surface area contributed by atoms with Crippen molar-refractivity contribution in [1.29, 1.82) is 0 Å². The molecule has 1 aliphatic carbocycles. The van der Waals surface area contributed by atoms with E-state index in [9.17, 15) is 0 Å². The Hall–Kier alpha value is -0.0800. The average molecular weight is 172 g/mol.